The van der Waals surface area contributed by atoms with Gasteiger partial charge in [0.25, 0.3) is 0 Å². The molecule has 0 amide bonds. The summed E-state index contributed by atoms with van der Waals surface area (Å²) in [6.07, 6.45) is 2.55. The van der Waals surface area contributed by atoms with Crippen molar-refractivity contribution >= 4 is 17.6 Å². The molecule has 0 aromatic carbocycles. The lowest BCUT2D eigenvalue weighted by Crippen LogP contribution is -2.17. The minimum Gasteiger partial charge on any atom is -0.370 e. The molecule has 0 fully saturated rings. The second-order valence-electron chi connectivity index (χ2n) is 5.48. The molecular formula is C13H20N6S. The lowest BCUT2D eigenvalue weighted by Gasteiger charge is -2.18. The first-order valence-electron chi connectivity index (χ1n) is 6.65. The Balaban J connectivity index is 2.29. The highest BCUT2D eigenvalue weighted by Crippen LogP contribution is 2.27. The van der Waals surface area contributed by atoms with Crippen molar-refractivity contribution in [2.45, 2.75) is 49.7 Å². The van der Waals surface area contributed by atoms with E-state index in [1.165, 1.54) is 18.1 Å². The normalized spacial score (nSPS) is 11.6. The van der Waals surface area contributed by atoms with Crippen LogP contribution in [0.1, 0.15) is 39.9 Å². The highest BCUT2D eigenvalue weighted by atomic mass is 32.2. The van der Waals surface area contributed by atoms with Crippen LogP contribution in [-0.2, 0) is 5.41 Å². The molecule has 0 bridgehead atoms. The SMILES string of the molecule is CCCNc1cc(Sc2ncn[nH]2)nc(C(C)(C)C)n1. The molecule has 2 heterocycles. The van der Waals surface area contributed by atoms with Gasteiger partial charge in [-0.15, -0.1) is 0 Å². The maximum absolute atomic E-state index is 4.61. The quantitative estimate of drug-likeness (QED) is 0.825. The van der Waals surface area contributed by atoms with E-state index in [2.05, 4.69) is 58.2 Å². The molecular weight excluding hydrogens is 272 g/mol. The van der Waals surface area contributed by atoms with Crippen LogP contribution in [0.15, 0.2) is 22.6 Å². The summed E-state index contributed by atoms with van der Waals surface area (Å²) in [4.78, 5) is 13.3. The second kappa shape index (κ2) is 6.21. The van der Waals surface area contributed by atoms with Crippen LogP contribution in [0.3, 0.4) is 0 Å². The van der Waals surface area contributed by atoms with Crippen LogP contribution < -0.4 is 5.32 Å². The van der Waals surface area contributed by atoms with E-state index >= 15 is 0 Å². The monoisotopic (exact) mass is 292 g/mol. The van der Waals surface area contributed by atoms with Crippen LogP contribution in [0, 0.1) is 0 Å². The van der Waals surface area contributed by atoms with Crippen molar-refractivity contribution in [3.8, 4) is 0 Å². The highest BCUT2D eigenvalue weighted by molar-refractivity contribution is 7.99. The largest absolute Gasteiger partial charge is 0.370 e. The van der Waals surface area contributed by atoms with Gasteiger partial charge < -0.3 is 5.32 Å². The second-order valence-corrected chi connectivity index (χ2v) is 6.49. The number of H-pyrrole nitrogens is 1. The number of aromatic amines is 1. The minimum absolute atomic E-state index is 0.0966. The predicted molar refractivity (Wildman–Crippen MR) is 80.0 cm³/mol. The van der Waals surface area contributed by atoms with Crippen LogP contribution >= 0.6 is 11.8 Å². The number of nitrogens with zero attached hydrogens (tertiary/aromatic N) is 4. The molecule has 0 aliphatic heterocycles. The summed E-state index contributed by atoms with van der Waals surface area (Å²) in [6.45, 7) is 9.34. The Morgan fingerprint density at radius 3 is 2.70 bits per heavy atom. The van der Waals surface area contributed by atoms with Crippen LogP contribution in [-0.4, -0.2) is 31.7 Å². The van der Waals surface area contributed by atoms with Gasteiger partial charge in [-0.3, -0.25) is 5.10 Å². The zero-order valence-electron chi connectivity index (χ0n) is 12.3. The average molecular weight is 292 g/mol. The lowest BCUT2D eigenvalue weighted by atomic mass is 9.96. The van der Waals surface area contributed by atoms with Gasteiger partial charge in [0, 0.05) is 18.0 Å². The number of hydrogen-bond acceptors (Lipinski definition) is 6. The fraction of sp³-hybridized carbons (Fsp3) is 0.538. The maximum Gasteiger partial charge on any atom is 0.189 e. The van der Waals surface area contributed by atoms with Crippen molar-refractivity contribution in [2.75, 3.05) is 11.9 Å². The van der Waals surface area contributed by atoms with Crippen LogP contribution in [0.4, 0.5) is 5.82 Å². The van der Waals surface area contributed by atoms with E-state index in [1.54, 1.807) is 0 Å². The third-order valence-corrected chi connectivity index (χ3v) is 3.33. The van der Waals surface area contributed by atoms with Crippen LogP contribution in [0.5, 0.6) is 0 Å². The Bertz CT molecular complexity index is 546. The third-order valence-electron chi connectivity index (χ3n) is 2.52. The fourth-order valence-electron chi connectivity index (χ4n) is 1.50. The zero-order valence-corrected chi connectivity index (χ0v) is 13.1. The number of aromatic nitrogens is 5. The number of hydrogen-bond donors (Lipinski definition) is 2. The molecule has 6 nitrogen and oxygen atoms in total. The first-order chi connectivity index (χ1) is 9.49. The van der Waals surface area contributed by atoms with Gasteiger partial charge >= 0.3 is 0 Å². The smallest absolute Gasteiger partial charge is 0.189 e. The van der Waals surface area contributed by atoms with Crippen molar-refractivity contribution in [3.05, 3.63) is 18.2 Å². The highest BCUT2D eigenvalue weighted by Gasteiger charge is 2.19. The van der Waals surface area contributed by atoms with Crippen molar-refractivity contribution in [1.29, 1.82) is 0 Å². The molecule has 0 atom stereocenters. The summed E-state index contributed by atoms with van der Waals surface area (Å²) >= 11 is 1.45. The Morgan fingerprint density at radius 1 is 1.30 bits per heavy atom. The van der Waals surface area contributed by atoms with Gasteiger partial charge in [0.15, 0.2) is 5.16 Å². The summed E-state index contributed by atoms with van der Waals surface area (Å²) in [5, 5.41) is 11.6. The number of anilines is 1. The Morgan fingerprint density at radius 2 is 2.10 bits per heavy atom. The van der Waals surface area contributed by atoms with Crippen molar-refractivity contribution < 1.29 is 0 Å². The Labute approximate surface area is 123 Å². The topological polar surface area (TPSA) is 79.4 Å². The Hall–Kier alpha value is -1.63. The zero-order chi connectivity index (χ0) is 14.6. The van der Waals surface area contributed by atoms with Gasteiger partial charge in [-0.1, -0.05) is 27.7 Å². The van der Waals surface area contributed by atoms with Crippen LogP contribution in [0.25, 0.3) is 0 Å². The molecule has 108 valence electrons. The summed E-state index contributed by atoms with van der Waals surface area (Å²) in [6, 6.07) is 1.94. The van der Waals surface area contributed by atoms with E-state index in [0.717, 1.165) is 34.8 Å². The maximum atomic E-state index is 4.61. The lowest BCUT2D eigenvalue weighted by molar-refractivity contribution is 0.539. The van der Waals surface area contributed by atoms with Crippen LogP contribution in [0.2, 0.25) is 0 Å². The molecule has 20 heavy (non-hydrogen) atoms. The molecule has 2 aromatic rings. The van der Waals surface area contributed by atoms with Crippen molar-refractivity contribution in [3.63, 3.8) is 0 Å². The minimum atomic E-state index is -0.0966. The van der Waals surface area contributed by atoms with Gasteiger partial charge in [-0.05, 0) is 18.2 Å². The number of rotatable bonds is 5. The summed E-state index contributed by atoms with van der Waals surface area (Å²) in [7, 11) is 0. The molecule has 2 rings (SSSR count). The summed E-state index contributed by atoms with van der Waals surface area (Å²) in [5.41, 5.74) is -0.0966. The summed E-state index contributed by atoms with van der Waals surface area (Å²) < 4.78 is 0. The Kier molecular flexibility index (Phi) is 4.59. The van der Waals surface area contributed by atoms with Gasteiger partial charge in [-0.2, -0.15) is 5.10 Å². The molecule has 2 aromatic heterocycles. The molecule has 0 aliphatic carbocycles. The molecule has 0 spiro atoms. The summed E-state index contributed by atoms with van der Waals surface area (Å²) in [5.74, 6) is 1.68. The van der Waals surface area contributed by atoms with E-state index in [4.69, 9.17) is 0 Å². The van der Waals surface area contributed by atoms with E-state index in [-0.39, 0.29) is 5.41 Å². The average Bonchev–Trinajstić information content (AvgIpc) is 2.88. The predicted octanol–water partition coefficient (Wildman–Crippen LogP) is 2.87. The molecule has 0 aliphatic rings. The molecule has 0 saturated heterocycles. The molecule has 2 N–H and O–H groups in total. The van der Waals surface area contributed by atoms with E-state index in [0.29, 0.717) is 0 Å². The molecule has 0 saturated carbocycles. The van der Waals surface area contributed by atoms with Crippen molar-refractivity contribution in [1.82, 2.24) is 25.1 Å². The number of nitrogens with one attached hydrogen (secondary N) is 2. The molecule has 0 unspecified atom stereocenters. The fourth-order valence-corrected chi connectivity index (χ4v) is 2.20. The molecule has 0 radical (unpaired) electrons. The third kappa shape index (κ3) is 3.93. The van der Waals surface area contributed by atoms with Gasteiger partial charge in [0.1, 0.15) is 23.0 Å². The van der Waals surface area contributed by atoms with E-state index in [1.807, 2.05) is 6.07 Å². The van der Waals surface area contributed by atoms with Gasteiger partial charge in [0.05, 0.1) is 0 Å². The first kappa shape index (κ1) is 14.8. The van der Waals surface area contributed by atoms with Gasteiger partial charge in [0.2, 0.25) is 0 Å². The van der Waals surface area contributed by atoms with Gasteiger partial charge in [-0.25, -0.2) is 15.0 Å². The van der Waals surface area contributed by atoms with E-state index < -0.39 is 0 Å². The first-order valence-corrected chi connectivity index (χ1v) is 7.47. The molecule has 7 heteroatoms. The standard InChI is InChI=1S/C13H20N6S/c1-5-6-14-9-7-10(20-12-15-8-16-19-12)18-11(17-9)13(2,3)4/h7-8H,5-6H2,1-4H3,(H,14,17,18)(H,15,16,19). The van der Waals surface area contributed by atoms with E-state index in [9.17, 15) is 0 Å². The van der Waals surface area contributed by atoms with Crippen molar-refractivity contribution in [2.24, 2.45) is 0 Å².